The molecule has 0 saturated heterocycles. The Morgan fingerprint density at radius 1 is 1.00 bits per heavy atom. The van der Waals surface area contributed by atoms with Crippen LogP contribution < -0.4 is 47.9 Å². The van der Waals surface area contributed by atoms with Gasteiger partial charge in [-0.15, -0.1) is 0 Å². The first kappa shape index (κ1) is 22.5. The number of carbonyl (C=O) groups excluding carboxylic acids is 2. The van der Waals surface area contributed by atoms with Gasteiger partial charge in [0.05, 0.1) is 0 Å². The van der Waals surface area contributed by atoms with E-state index < -0.39 is 6.16 Å². The van der Waals surface area contributed by atoms with Crippen molar-refractivity contribution in [1.29, 1.82) is 0 Å². The molecule has 48 valence electrons. The molecule has 0 aliphatic rings. The minimum absolute atomic E-state index is 0. The standard InChI is InChI=1S/C3H6O.CH2O3.2Li/c1-3(2)4;2-1(3)4;;/h1-2H3;(H2,2,3,4);;/q;;2*+1/p-2. The van der Waals surface area contributed by atoms with Gasteiger partial charge in [0.25, 0.3) is 0 Å². The maximum atomic E-state index is 9.44. The normalized spacial score (nSPS) is 5.00. The zero-order valence-electron chi connectivity index (χ0n) is 6.63. The summed E-state index contributed by atoms with van der Waals surface area (Å²) < 4.78 is 0. The van der Waals surface area contributed by atoms with Gasteiger partial charge in [-0.25, -0.2) is 0 Å². The van der Waals surface area contributed by atoms with E-state index in [9.17, 15) is 4.79 Å². The molecule has 0 aliphatic heterocycles. The number of ketones is 1. The van der Waals surface area contributed by atoms with Gasteiger partial charge in [-0.05, 0) is 20.0 Å². The molecule has 0 unspecified atom stereocenters. The largest absolute Gasteiger partial charge is 1.00 e. The summed E-state index contributed by atoms with van der Waals surface area (Å²) in [5.74, 6) is 0.167. The van der Waals surface area contributed by atoms with Crippen LogP contribution in [0, 0.1) is 0 Å². The van der Waals surface area contributed by atoms with E-state index in [0.29, 0.717) is 0 Å². The smallest absolute Gasteiger partial charge is 0.652 e. The van der Waals surface area contributed by atoms with E-state index in [-0.39, 0.29) is 43.5 Å². The SMILES string of the molecule is CC(C)=O.O=C([O-])[O-].[Li+].[Li+]. The van der Waals surface area contributed by atoms with Crippen LogP contribution in [-0.4, -0.2) is 11.9 Å². The average Bonchev–Trinajstić information content (AvgIpc) is 1.25. The summed E-state index contributed by atoms with van der Waals surface area (Å²) in [6.07, 6.45) is -2.33. The molecule has 0 aromatic carbocycles. The summed E-state index contributed by atoms with van der Waals surface area (Å²) in [5, 5.41) is 16.7. The molecule has 0 bridgehead atoms. The van der Waals surface area contributed by atoms with Crippen LogP contribution in [0.15, 0.2) is 0 Å². The molecule has 6 heteroatoms. The van der Waals surface area contributed by atoms with Crippen LogP contribution in [0.2, 0.25) is 0 Å². The van der Waals surface area contributed by atoms with Gasteiger partial charge in [0.1, 0.15) is 5.78 Å². The summed E-state index contributed by atoms with van der Waals surface area (Å²) >= 11 is 0. The first-order valence-corrected chi connectivity index (χ1v) is 1.82. The van der Waals surface area contributed by atoms with Gasteiger partial charge in [0.2, 0.25) is 0 Å². The number of carboxylic acid groups (broad SMARTS) is 2. The van der Waals surface area contributed by atoms with Crippen LogP contribution in [0.25, 0.3) is 0 Å². The van der Waals surface area contributed by atoms with E-state index in [1.54, 1.807) is 0 Å². The summed E-state index contributed by atoms with van der Waals surface area (Å²) in [5.41, 5.74) is 0. The second-order valence-electron chi connectivity index (χ2n) is 1.16. The van der Waals surface area contributed by atoms with E-state index in [2.05, 4.69) is 0 Å². The Morgan fingerprint density at radius 2 is 1.00 bits per heavy atom. The molecular formula is C4H6Li2O4. The maximum Gasteiger partial charge on any atom is 1.00 e. The minimum Gasteiger partial charge on any atom is -0.652 e. The Bertz CT molecular complexity index is 73.3. The molecule has 0 rings (SSSR count). The Labute approximate surface area is 83.3 Å². The fourth-order valence-electron chi connectivity index (χ4n) is 0. The number of hydrogen-bond acceptors (Lipinski definition) is 4. The van der Waals surface area contributed by atoms with E-state index >= 15 is 0 Å². The first-order chi connectivity index (χ1) is 3.46. The van der Waals surface area contributed by atoms with Crippen LogP contribution in [0.3, 0.4) is 0 Å². The zero-order chi connectivity index (χ0) is 7.15. The predicted molar refractivity (Wildman–Crippen MR) is 21.8 cm³/mol. The molecular weight excluding hydrogens is 126 g/mol. The van der Waals surface area contributed by atoms with E-state index in [4.69, 9.17) is 15.0 Å². The third-order valence-corrected chi connectivity index (χ3v) is 0. The van der Waals surface area contributed by atoms with Crippen molar-refractivity contribution in [3.05, 3.63) is 0 Å². The van der Waals surface area contributed by atoms with Crippen molar-refractivity contribution < 1.29 is 57.5 Å². The third-order valence-electron chi connectivity index (χ3n) is 0. The molecule has 0 N–H and O–H groups in total. The minimum atomic E-state index is -2.33. The van der Waals surface area contributed by atoms with Crippen LogP contribution in [0.4, 0.5) is 4.79 Å². The summed E-state index contributed by atoms with van der Waals surface area (Å²) in [7, 11) is 0. The molecule has 10 heavy (non-hydrogen) atoms. The molecule has 0 aliphatic carbocycles. The van der Waals surface area contributed by atoms with Crippen LogP contribution in [0.1, 0.15) is 13.8 Å². The molecule has 0 aromatic heterocycles. The van der Waals surface area contributed by atoms with Crippen LogP contribution in [0.5, 0.6) is 0 Å². The van der Waals surface area contributed by atoms with Crippen molar-refractivity contribution in [3.63, 3.8) is 0 Å². The Kier molecular flexibility index (Phi) is 36.1. The maximum absolute atomic E-state index is 9.44. The van der Waals surface area contributed by atoms with E-state index in [1.165, 1.54) is 13.8 Å². The topological polar surface area (TPSA) is 80.3 Å². The number of Topliss-reactive ketones (excluding diaryl/α,β-unsaturated/α-hetero) is 1. The Morgan fingerprint density at radius 3 is 1.00 bits per heavy atom. The zero-order valence-corrected chi connectivity index (χ0v) is 6.63. The van der Waals surface area contributed by atoms with Crippen molar-refractivity contribution in [2.24, 2.45) is 0 Å². The van der Waals surface area contributed by atoms with Gasteiger partial charge in [-0.1, -0.05) is 0 Å². The van der Waals surface area contributed by atoms with Gasteiger partial charge >= 0.3 is 37.7 Å². The quantitative estimate of drug-likeness (QED) is 0.306. The van der Waals surface area contributed by atoms with Gasteiger partial charge in [-0.2, -0.15) is 0 Å². The van der Waals surface area contributed by atoms with E-state index in [0.717, 1.165) is 0 Å². The van der Waals surface area contributed by atoms with Crippen LogP contribution >= 0.6 is 0 Å². The molecule has 0 atom stereocenters. The van der Waals surface area contributed by atoms with Gasteiger partial charge in [-0.3, -0.25) is 0 Å². The molecule has 4 nitrogen and oxygen atoms in total. The molecule has 0 spiro atoms. The second kappa shape index (κ2) is 16.1. The Balaban J connectivity index is -0.0000000300. The van der Waals surface area contributed by atoms with Crippen molar-refractivity contribution in [3.8, 4) is 0 Å². The number of hydrogen-bond donors (Lipinski definition) is 0. The van der Waals surface area contributed by atoms with Gasteiger partial charge < -0.3 is 19.8 Å². The predicted octanol–water partition coefficient (Wildman–Crippen LogP) is -7.84. The van der Waals surface area contributed by atoms with Crippen molar-refractivity contribution in [2.45, 2.75) is 13.8 Å². The summed E-state index contributed by atoms with van der Waals surface area (Å²) in [6.45, 7) is 3.06. The molecule has 0 heterocycles. The third kappa shape index (κ3) is 22800. The second-order valence-corrected chi connectivity index (χ2v) is 1.16. The van der Waals surface area contributed by atoms with Crippen molar-refractivity contribution in [1.82, 2.24) is 0 Å². The summed E-state index contributed by atoms with van der Waals surface area (Å²) in [6, 6.07) is 0. The van der Waals surface area contributed by atoms with Gasteiger partial charge in [0, 0.05) is 0 Å². The monoisotopic (exact) mass is 132 g/mol. The molecule has 0 amide bonds. The average molecular weight is 132 g/mol. The first-order valence-electron chi connectivity index (χ1n) is 1.82. The van der Waals surface area contributed by atoms with Crippen molar-refractivity contribution in [2.75, 3.05) is 0 Å². The van der Waals surface area contributed by atoms with E-state index in [1.807, 2.05) is 0 Å². The molecule has 0 saturated carbocycles. The fraction of sp³-hybridized carbons (Fsp3) is 0.500. The van der Waals surface area contributed by atoms with Gasteiger partial charge in [0.15, 0.2) is 0 Å². The fourth-order valence-corrected chi connectivity index (χ4v) is 0. The van der Waals surface area contributed by atoms with Crippen LogP contribution in [-0.2, 0) is 4.79 Å². The summed E-state index contributed by atoms with van der Waals surface area (Å²) in [4.78, 5) is 17.8. The van der Waals surface area contributed by atoms with Crippen molar-refractivity contribution >= 4 is 11.9 Å². The number of carbonyl (C=O) groups is 2. The number of rotatable bonds is 0. The Hall–Kier alpha value is 0.135. The molecule has 0 aromatic rings. The molecule has 0 radical (unpaired) electrons. The molecule has 0 fully saturated rings.